The molecular formula is C22H19FN2O2S. The second-order valence-electron chi connectivity index (χ2n) is 6.29. The maximum absolute atomic E-state index is 13.1. The van der Waals surface area contributed by atoms with Gasteiger partial charge >= 0.3 is 0 Å². The van der Waals surface area contributed by atoms with Crippen LogP contribution < -0.4 is 4.80 Å². The number of nitrogens with zero attached hydrogens (tertiary/aromatic N) is 2. The molecule has 0 bridgehead atoms. The first-order valence-corrected chi connectivity index (χ1v) is 9.92. The van der Waals surface area contributed by atoms with E-state index in [9.17, 15) is 9.18 Å². The van der Waals surface area contributed by atoms with Crippen LogP contribution in [0.4, 0.5) is 4.39 Å². The van der Waals surface area contributed by atoms with Crippen LogP contribution in [0.25, 0.3) is 21.0 Å². The SMILES string of the molecule is CCOCCn1c(=NC(=O)c2ccc(F)cc2)sc2c3ccccc3ccc21. The molecule has 0 N–H and O–H groups in total. The monoisotopic (exact) mass is 394 g/mol. The number of aromatic nitrogens is 1. The van der Waals surface area contributed by atoms with Crippen molar-refractivity contribution in [3.05, 3.63) is 76.8 Å². The number of carbonyl (C=O) groups excluding carboxylic acids is 1. The van der Waals surface area contributed by atoms with Crippen LogP contribution in [0.5, 0.6) is 0 Å². The number of halogens is 1. The first-order valence-electron chi connectivity index (χ1n) is 9.11. The summed E-state index contributed by atoms with van der Waals surface area (Å²) < 4.78 is 21.8. The summed E-state index contributed by atoms with van der Waals surface area (Å²) in [5.74, 6) is -0.766. The molecule has 1 amide bonds. The molecule has 0 aliphatic carbocycles. The van der Waals surface area contributed by atoms with Gasteiger partial charge in [0, 0.05) is 24.1 Å². The molecule has 4 aromatic rings. The fourth-order valence-electron chi connectivity index (χ4n) is 3.14. The standard InChI is InChI=1S/C22H19FN2O2S/c1-2-27-14-13-25-19-12-9-15-5-3-4-6-18(15)20(19)28-22(25)24-21(26)16-7-10-17(23)11-8-16/h3-12H,2,13-14H2,1H3. The van der Waals surface area contributed by atoms with Gasteiger partial charge in [-0.05, 0) is 42.6 Å². The molecule has 0 aliphatic rings. The lowest BCUT2D eigenvalue weighted by molar-refractivity contribution is 0.0996. The fourth-order valence-corrected chi connectivity index (χ4v) is 4.33. The van der Waals surface area contributed by atoms with E-state index in [0.717, 1.165) is 21.0 Å². The van der Waals surface area contributed by atoms with Crippen molar-refractivity contribution in [1.29, 1.82) is 0 Å². The summed E-state index contributed by atoms with van der Waals surface area (Å²) in [4.78, 5) is 17.6. The van der Waals surface area contributed by atoms with Crippen LogP contribution in [0.15, 0.2) is 65.7 Å². The highest BCUT2D eigenvalue weighted by molar-refractivity contribution is 7.17. The summed E-state index contributed by atoms with van der Waals surface area (Å²) in [5, 5.41) is 2.27. The third-order valence-electron chi connectivity index (χ3n) is 4.53. The minimum atomic E-state index is -0.388. The smallest absolute Gasteiger partial charge is 0.279 e. The van der Waals surface area contributed by atoms with E-state index in [1.54, 1.807) is 0 Å². The normalized spacial score (nSPS) is 12.1. The molecule has 0 saturated heterocycles. The maximum atomic E-state index is 13.1. The molecular weight excluding hydrogens is 375 g/mol. The third-order valence-corrected chi connectivity index (χ3v) is 5.65. The Labute approximate surface area is 165 Å². The van der Waals surface area contributed by atoms with Gasteiger partial charge in [0.15, 0.2) is 4.80 Å². The molecule has 0 unspecified atom stereocenters. The number of hydrogen-bond acceptors (Lipinski definition) is 3. The van der Waals surface area contributed by atoms with Crippen molar-refractivity contribution < 1.29 is 13.9 Å². The second kappa shape index (κ2) is 8.04. The van der Waals surface area contributed by atoms with E-state index in [1.165, 1.54) is 35.6 Å². The zero-order chi connectivity index (χ0) is 19.5. The highest BCUT2D eigenvalue weighted by atomic mass is 32.1. The van der Waals surface area contributed by atoms with Crippen LogP contribution in [0.2, 0.25) is 0 Å². The summed E-state index contributed by atoms with van der Waals surface area (Å²) in [6, 6.07) is 17.7. The van der Waals surface area contributed by atoms with E-state index in [1.807, 2.05) is 23.6 Å². The van der Waals surface area contributed by atoms with Gasteiger partial charge in [-0.15, -0.1) is 0 Å². The number of ether oxygens (including phenoxy) is 1. The van der Waals surface area contributed by atoms with Gasteiger partial charge in [-0.1, -0.05) is 41.7 Å². The second-order valence-corrected chi connectivity index (χ2v) is 7.27. The van der Waals surface area contributed by atoms with Gasteiger partial charge in [-0.3, -0.25) is 4.79 Å². The number of fused-ring (bicyclic) bond motifs is 3. The van der Waals surface area contributed by atoms with Crippen molar-refractivity contribution in [2.75, 3.05) is 13.2 Å². The van der Waals surface area contributed by atoms with Crippen LogP contribution in [-0.2, 0) is 11.3 Å². The minimum absolute atomic E-state index is 0.361. The molecule has 1 aromatic heterocycles. The Balaban J connectivity index is 1.87. The summed E-state index contributed by atoms with van der Waals surface area (Å²) >= 11 is 1.48. The van der Waals surface area contributed by atoms with Gasteiger partial charge in [-0.25, -0.2) is 4.39 Å². The molecule has 0 spiro atoms. The van der Waals surface area contributed by atoms with Gasteiger partial charge in [0.1, 0.15) is 5.82 Å². The number of thiazole rings is 1. The average molecular weight is 394 g/mol. The van der Waals surface area contributed by atoms with Crippen molar-refractivity contribution in [2.45, 2.75) is 13.5 Å². The van der Waals surface area contributed by atoms with Gasteiger partial charge in [0.2, 0.25) is 0 Å². The summed E-state index contributed by atoms with van der Waals surface area (Å²) in [6.45, 7) is 3.72. The van der Waals surface area contributed by atoms with E-state index >= 15 is 0 Å². The zero-order valence-electron chi connectivity index (χ0n) is 15.4. The third kappa shape index (κ3) is 3.61. The van der Waals surface area contributed by atoms with Crippen LogP contribution in [0.1, 0.15) is 17.3 Å². The maximum Gasteiger partial charge on any atom is 0.279 e. The molecule has 1 heterocycles. The van der Waals surface area contributed by atoms with Gasteiger partial charge in [0.25, 0.3) is 5.91 Å². The zero-order valence-corrected chi connectivity index (χ0v) is 16.2. The van der Waals surface area contributed by atoms with Crippen molar-refractivity contribution >= 4 is 38.2 Å². The number of benzene rings is 3. The van der Waals surface area contributed by atoms with E-state index in [-0.39, 0.29) is 11.7 Å². The van der Waals surface area contributed by atoms with Crippen molar-refractivity contribution in [3.63, 3.8) is 0 Å². The quantitative estimate of drug-likeness (QED) is 0.458. The molecule has 28 heavy (non-hydrogen) atoms. The Bertz CT molecular complexity index is 1210. The number of rotatable bonds is 5. The highest BCUT2D eigenvalue weighted by Gasteiger charge is 2.12. The topological polar surface area (TPSA) is 43.6 Å². The van der Waals surface area contributed by atoms with Crippen molar-refractivity contribution in [2.24, 2.45) is 4.99 Å². The molecule has 0 fully saturated rings. The van der Waals surface area contributed by atoms with E-state index in [0.29, 0.717) is 30.1 Å². The lowest BCUT2D eigenvalue weighted by Gasteiger charge is -2.06. The first-order chi connectivity index (χ1) is 13.7. The molecule has 4 rings (SSSR count). The number of hydrogen-bond donors (Lipinski definition) is 0. The molecule has 0 aliphatic heterocycles. The summed E-state index contributed by atoms with van der Waals surface area (Å²) in [5.41, 5.74) is 1.38. The molecule has 142 valence electrons. The van der Waals surface area contributed by atoms with Crippen LogP contribution in [0, 0.1) is 5.82 Å². The van der Waals surface area contributed by atoms with Gasteiger partial charge in [-0.2, -0.15) is 4.99 Å². The minimum Gasteiger partial charge on any atom is -0.380 e. The lowest BCUT2D eigenvalue weighted by atomic mass is 10.1. The Hall–Kier alpha value is -2.83. The molecule has 0 radical (unpaired) electrons. The van der Waals surface area contributed by atoms with E-state index < -0.39 is 0 Å². The molecule has 4 nitrogen and oxygen atoms in total. The predicted octanol–water partition coefficient (Wildman–Crippen LogP) is 4.77. The molecule has 0 atom stereocenters. The predicted molar refractivity (Wildman–Crippen MR) is 110 cm³/mol. The first kappa shape index (κ1) is 18.5. The van der Waals surface area contributed by atoms with Gasteiger partial charge in [0.05, 0.1) is 16.8 Å². The fraction of sp³-hybridized carbons (Fsp3) is 0.182. The Kier molecular flexibility index (Phi) is 5.32. The molecule has 6 heteroatoms. The Morgan fingerprint density at radius 3 is 2.68 bits per heavy atom. The van der Waals surface area contributed by atoms with Crippen LogP contribution >= 0.6 is 11.3 Å². The average Bonchev–Trinajstić information content (AvgIpc) is 3.06. The Morgan fingerprint density at radius 1 is 1.11 bits per heavy atom. The van der Waals surface area contributed by atoms with Crippen LogP contribution in [0.3, 0.4) is 0 Å². The van der Waals surface area contributed by atoms with Crippen molar-refractivity contribution in [3.8, 4) is 0 Å². The number of carbonyl (C=O) groups is 1. The highest BCUT2D eigenvalue weighted by Crippen LogP contribution is 2.27. The molecule has 0 saturated carbocycles. The summed E-state index contributed by atoms with van der Waals surface area (Å²) in [6.07, 6.45) is 0. The largest absolute Gasteiger partial charge is 0.380 e. The van der Waals surface area contributed by atoms with Crippen molar-refractivity contribution in [1.82, 2.24) is 4.57 Å². The van der Waals surface area contributed by atoms with E-state index in [2.05, 4.69) is 29.3 Å². The lowest BCUT2D eigenvalue weighted by Crippen LogP contribution is -2.19. The number of amides is 1. The Morgan fingerprint density at radius 2 is 1.89 bits per heavy atom. The van der Waals surface area contributed by atoms with Crippen LogP contribution in [-0.4, -0.2) is 23.7 Å². The van der Waals surface area contributed by atoms with E-state index in [4.69, 9.17) is 4.74 Å². The van der Waals surface area contributed by atoms with Gasteiger partial charge < -0.3 is 9.30 Å². The molecule has 3 aromatic carbocycles. The summed E-state index contributed by atoms with van der Waals surface area (Å²) in [7, 11) is 0.